The van der Waals surface area contributed by atoms with Crippen LogP contribution < -0.4 is 5.32 Å². The Balaban J connectivity index is 1.66. The van der Waals surface area contributed by atoms with Gasteiger partial charge in [0, 0.05) is 31.9 Å². The Bertz CT molecular complexity index is 235. The molecule has 0 aromatic rings. The molecule has 1 N–H and O–H groups in total. The second-order valence-corrected chi connectivity index (χ2v) is 5.95. The Morgan fingerprint density at radius 1 is 1.31 bits per heavy atom. The van der Waals surface area contributed by atoms with Gasteiger partial charge in [0.25, 0.3) is 5.24 Å². The van der Waals surface area contributed by atoms with E-state index in [0.717, 1.165) is 43.8 Å². The molecule has 4 heteroatoms. The van der Waals surface area contributed by atoms with E-state index in [4.69, 9.17) is 0 Å². The number of fused-ring (bicyclic) bond motifs is 1. The molecule has 0 radical (unpaired) electrons. The molecule has 2 atom stereocenters. The number of nitrogens with zero attached hydrogens (tertiary/aromatic N) is 1. The molecule has 2 rings (SSSR count). The predicted molar refractivity (Wildman–Crippen MR) is 68.8 cm³/mol. The maximum atomic E-state index is 11.9. The molecule has 0 spiro atoms. The molecular weight excluding hydrogens is 220 g/mol. The van der Waals surface area contributed by atoms with E-state index in [1.807, 2.05) is 0 Å². The molecule has 2 fully saturated rings. The molecule has 0 bridgehead atoms. The third-order valence-electron chi connectivity index (χ3n) is 3.62. The van der Waals surface area contributed by atoms with Gasteiger partial charge in [0.1, 0.15) is 0 Å². The standard InChI is InChI=1S/C12H22N2OS/c1-2-3-4-5-16-12(15)14-8-10-6-13-7-11(10)9-14/h10-11,13H,2-9H2,1H3. The maximum Gasteiger partial charge on any atom is 0.281 e. The van der Waals surface area contributed by atoms with Gasteiger partial charge in [-0.1, -0.05) is 31.5 Å². The van der Waals surface area contributed by atoms with Gasteiger partial charge in [0.2, 0.25) is 0 Å². The minimum Gasteiger partial charge on any atom is -0.333 e. The number of likely N-dealkylation sites (tertiary alicyclic amines) is 1. The summed E-state index contributed by atoms with van der Waals surface area (Å²) in [6.07, 6.45) is 3.65. The Hall–Kier alpha value is -0.220. The van der Waals surface area contributed by atoms with Crippen molar-refractivity contribution in [3.63, 3.8) is 0 Å². The van der Waals surface area contributed by atoms with Gasteiger partial charge in [-0.15, -0.1) is 0 Å². The molecule has 16 heavy (non-hydrogen) atoms. The van der Waals surface area contributed by atoms with Gasteiger partial charge in [0.15, 0.2) is 0 Å². The maximum absolute atomic E-state index is 11.9. The molecule has 0 aromatic carbocycles. The van der Waals surface area contributed by atoms with Gasteiger partial charge in [-0.3, -0.25) is 4.79 Å². The summed E-state index contributed by atoms with van der Waals surface area (Å²) in [5.74, 6) is 2.44. The van der Waals surface area contributed by atoms with E-state index in [1.54, 1.807) is 0 Å². The van der Waals surface area contributed by atoms with Gasteiger partial charge < -0.3 is 10.2 Å². The zero-order chi connectivity index (χ0) is 11.4. The van der Waals surface area contributed by atoms with Crippen molar-refractivity contribution >= 4 is 17.0 Å². The molecule has 0 aromatic heterocycles. The Morgan fingerprint density at radius 3 is 2.62 bits per heavy atom. The summed E-state index contributed by atoms with van der Waals surface area (Å²) in [4.78, 5) is 14.0. The predicted octanol–water partition coefficient (Wildman–Crippen LogP) is 2.18. The number of carbonyl (C=O) groups is 1. The minimum absolute atomic E-state index is 0.311. The summed E-state index contributed by atoms with van der Waals surface area (Å²) in [5.41, 5.74) is 0. The number of rotatable bonds is 4. The van der Waals surface area contributed by atoms with Crippen molar-refractivity contribution in [3.8, 4) is 0 Å². The molecule has 2 aliphatic rings. The van der Waals surface area contributed by atoms with Crippen LogP contribution in [0.5, 0.6) is 0 Å². The molecule has 0 aliphatic carbocycles. The molecule has 2 unspecified atom stereocenters. The van der Waals surface area contributed by atoms with Crippen molar-refractivity contribution < 1.29 is 4.79 Å². The smallest absolute Gasteiger partial charge is 0.281 e. The second-order valence-electron chi connectivity index (χ2n) is 4.90. The van der Waals surface area contributed by atoms with E-state index in [9.17, 15) is 4.79 Å². The van der Waals surface area contributed by atoms with Crippen molar-refractivity contribution in [2.75, 3.05) is 31.9 Å². The van der Waals surface area contributed by atoms with Crippen molar-refractivity contribution in [2.45, 2.75) is 26.2 Å². The van der Waals surface area contributed by atoms with Crippen LogP contribution in [-0.2, 0) is 0 Å². The molecular formula is C12H22N2OS. The van der Waals surface area contributed by atoms with Crippen LogP contribution in [0.2, 0.25) is 0 Å². The lowest BCUT2D eigenvalue weighted by atomic mass is 10.0. The quantitative estimate of drug-likeness (QED) is 0.767. The van der Waals surface area contributed by atoms with Crippen molar-refractivity contribution in [3.05, 3.63) is 0 Å². The van der Waals surface area contributed by atoms with Gasteiger partial charge >= 0.3 is 0 Å². The zero-order valence-electron chi connectivity index (χ0n) is 10.1. The van der Waals surface area contributed by atoms with Crippen LogP contribution in [0.25, 0.3) is 0 Å². The number of nitrogens with one attached hydrogen (secondary N) is 1. The number of unbranched alkanes of at least 4 members (excludes halogenated alkanes) is 2. The highest BCUT2D eigenvalue weighted by atomic mass is 32.2. The number of carbonyl (C=O) groups excluding carboxylic acids is 1. The number of thioether (sulfide) groups is 1. The first-order valence-electron chi connectivity index (χ1n) is 6.43. The number of amides is 1. The summed E-state index contributed by atoms with van der Waals surface area (Å²) < 4.78 is 0. The fraction of sp³-hybridized carbons (Fsp3) is 0.917. The topological polar surface area (TPSA) is 32.3 Å². The Kier molecular flexibility index (Phi) is 4.53. The molecule has 2 heterocycles. The van der Waals surface area contributed by atoms with Gasteiger partial charge in [-0.25, -0.2) is 0 Å². The monoisotopic (exact) mass is 242 g/mol. The average molecular weight is 242 g/mol. The van der Waals surface area contributed by atoms with E-state index in [1.165, 1.54) is 31.0 Å². The van der Waals surface area contributed by atoms with Crippen molar-refractivity contribution in [1.82, 2.24) is 10.2 Å². The van der Waals surface area contributed by atoms with Crippen LogP contribution in [0.4, 0.5) is 4.79 Å². The normalized spacial score (nSPS) is 28.4. The molecule has 2 saturated heterocycles. The third kappa shape index (κ3) is 2.92. The second kappa shape index (κ2) is 5.92. The molecule has 1 amide bonds. The first-order valence-corrected chi connectivity index (χ1v) is 7.42. The van der Waals surface area contributed by atoms with Gasteiger partial charge in [-0.2, -0.15) is 0 Å². The van der Waals surface area contributed by atoms with Crippen LogP contribution in [-0.4, -0.2) is 42.1 Å². The van der Waals surface area contributed by atoms with Crippen molar-refractivity contribution in [1.29, 1.82) is 0 Å². The van der Waals surface area contributed by atoms with E-state index in [2.05, 4.69) is 17.1 Å². The lowest BCUT2D eigenvalue weighted by molar-refractivity contribution is 0.230. The highest BCUT2D eigenvalue weighted by molar-refractivity contribution is 8.13. The van der Waals surface area contributed by atoms with Crippen LogP contribution >= 0.6 is 11.8 Å². The fourth-order valence-corrected chi connectivity index (χ4v) is 3.46. The SMILES string of the molecule is CCCCCSC(=O)N1CC2CNCC2C1. The fourth-order valence-electron chi connectivity index (χ4n) is 2.61. The lowest BCUT2D eigenvalue weighted by Crippen LogP contribution is -2.29. The van der Waals surface area contributed by atoms with Crippen molar-refractivity contribution in [2.24, 2.45) is 11.8 Å². The summed E-state index contributed by atoms with van der Waals surface area (Å²) >= 11 is 1.52. The Labute approximate surface area is 102 Å². The molecule has 0 saturated carbocycles. The first-order chi connectivity index (χ1) is 7.81. The minimum atomic E-state index is 0.311. The first kappa shape index (κ1) is 12.2. The molecule has 92 valence electrons. The molecule has 3 nitrogen and oxygen atoms in total. The van der Waals surface area contributed by atoms with E-state index < -0.39 is 0 Å². The summed E-state index contributed by atoms with van der Waals surface area (Å²) in [6, 6.07) is 0. The van der Waals surface area contributed by atoms with Gasteiger partial charge in [-0.05, 0) is 18.3 Å². The highest BCUT2D eigenvalue weighted by Crippen LogP contribution is 2.28. The van der Waals surface area contributed by atoms with E-state index in [0.29, 0.717) is 5.24 Å². The van der Waals surface area contributed by atoms with Crippen LogP contribution in [0.15, 0.2) is 0 Å². The summed E-state index contributed by atoms with van der Waals surface area (Å²) in [7, 11) is 0. The van der Waals surface area contributed by atoms with Crippen LogP contribution in [0.3, 0.4) is 0 Å². The largest absolute Gasteiger partial charge is 0.333 e. The van der Waals surface area contributed by atoms with Crippen LogP contribution in [0, 0.1) is 11.8 Å². The summed E-state index contributed by atoms with van der Waals surface area (Å²) in [6.45, 7) is 6.37. The average Bonchev–Trinajstić information content (AvgIpc) is 2.83. The highest BCUT2D eigenvalue weighted by Gasteiger charge is 2.37. The third-order valence-corrected chi connectivity index (χ3v) is 4.62. The number of hydrogen-bond donors (Lipinski definition) is 1. The number of hydrogen-bond acceptors (Lipinski definition) is 3. The van der Waals surface area contributed by atoms with E-state index >= 15 is 0 Å². The van der Waals surface area contributed by atoms with Gasteiger partial charge in [0.05, 0.1) is 0 Å². The summed E-state index contributed by atoms with van der Waals surface area (Å²) in [5, 5.41) is 3.71. The Morgan fingerprint density at radius 2 is 2.00 bits per heavy atom. The molecule has 2 aliphatic heterocycles. The van der Waals surface area contributed by atoms with E-state index in [-0.39, 0.29) is 0 Å². The lowest BCUT2D eigenvalue weighted by Gasteiger charge is -2.16. The zero-order valence-corrected chi connectivity index (χ0v) is 10.9. The van der Waals surface area contributed by atoms with Crippen LogP contribution in [0.1, 0.15) is 26.2 Å².